The van der Waals surface area contributed by atoms with Crippen molar-refractivity contribution >= 4 is 11.9 Å². The molecule has 0 rings (SSSR count). The Morgan fingerprint density at radius 3 is 2.18 bits per heavy atom. The van der Waals surface area contributed by atoms with E-state index < -0.39 is 18.0 Å². The number of carbonyl (C=O) groups excluding carboxylic acids is 1. The summed E-state index contributed by atoms with van der Waals surface area (Å²) in [4.78, 5) is 23.8. The average Bonchev–Trinajstić information content (AvgIpc) is 2.25. The molecule has 17 heavy (non-hydrogen) atoms. The van der Waals surface area contributed by atoms with Crippen LogP contribution in [0.15, 0.2) is 0 Å². The molecule has 102 valence electrons. The maximum absolute atomic E-state index is 10.5. The molecule has 0 aliphatic heterocycles. The van der Waals surface area contributed by atoms with E-state index >= 15 is 0 Å². The molecule has 0 aliphatic carbocycles. The van der Waals surface area contributed by atoms with Gasteiger partial charge in [-0.3, -0.25) is 4.79 Å². The van der Waals surface area contributed by atoms with Gasteiger partial charge in [-0.25, -0.2) is 4.79 Å². The lowest BCUT2D eigenvalue weighted by Gasteiger charge is -2.11. The maximum atomic E-state index is 10.5. The number of aliphatic carboxylic acids is 1. The molecular formula is C10H21NO6. The summed E-state index contributed by atoms with van der Waals surface area (Å²) in [5.41, 5.74) is 0. The van der Waals surface area contributed by atoms with Gasteiger partial charge in [0.05, 0.1) is 0 Å². The molecule has 0 aromatic carbocycles. The summed E-state index contributed by atoms with van der Waals surface area (Å²) in [5, 5.41) is 27.0. The molecular weight excluding hydrogens is 230 g/mol. The molecule has 0 fully saturated rings. The summed E-state index contributed by atoms with van der Waals surface area (Å²) < 4.78 is 0. The summed E-state index contributed by atoms with van der Waals surface area (Å²) in [7, 11) is 0. The van der Waals surface area contributed by atoms with Crippen molar-refractivity contribution in [3.8, 4) is 0 Å². The highest BCUT2D eigenvalue weighted by atomic mass is 17.1. The van der Waals surface area contributed by atoms with Crippen molar-refractivity contribution < 1.29 is 29.9 Å². The van der Waals surface area contributed by atoms with Crippen molar-refractivity contribution in [1.82, 2.24) is 6.15 Å². The van der Waals surface area contributed by atoms with Crippen LogP contribution in [0.1, 0.15) is 44.9 Å². The minimum atomic E-state index is -1.34. The van der Waals surface area contributed by atoms with Gasteiger partial charge in [0.1, 0.15) is 0 Å². The number of unbranched alkanes of at least 4 members (excludes halogenated alkanes) is 4. The van der Waals surface area contributed by atoms with Gasteiger partial charge in [0, 0.05) is 6.42 Å². The lowest BCUT2D eigenvalue weighted by Crippen LogP contribution is -2.27. The normalized spacial score (nSPS) is 11.4. The second-order valence-electron chi connectivity index (χ2n) is 3.62. The third kappa shape index (κ3) is 11.1. The molecule has 1 atom stereocenters. The van der Waals surface area contributed by atoms with Crippen molar-refractivity contribution in [3.05, 3.63) is 0 Å². The fourth-order valence-electron chi connectivity index (χ4n) is 1.32. The van der Waals surface area contributed by atoms with Gasteiger partial charge in [0.2, 0.25) is 0 Å². The van der Waals surface area contributed by atoms with Crippen molar-refractivity contribution in [1.29, 1.82) is 0 Å². The third-order valence-electron chi connectivity index (χ3n) is 2.22. The standard InChI is InChI=1S/C10H18O6.H3N/c11-8(10(14)16-15)6-4-2-1-3-5-7-9(12)13;/h8,11,15H,1-7H2,(H,12,13);1H3. The van der Waals surface area contributed by atoms with Crippen LogP contribution in [-0.2, 0) is 14.5 Å². The Morgan fingerprint density at radius 1 is 1.12 bits per heavy atom. The van der Waals surface area contributed by atoms with Crippen LogP contribution >= 0.6 is 0 Å². The van der Waals surface area contributed by atoms with E-state index in [1.807, 2.05) is 0 Å². The number of carboxylic acids is 1. The topological polar surface area (TPSA) is 143 Å². The van der Waals surface area contributed by atoms with Crippen LogP contribution < -0.4 is 11.4 Å². The average molecular weight is 251 g/mol. The van der Waals surface area contributed by atoms with Crippen LogP contribution in [0.3, 0.4) is 0 Å². The first-order valence-corrected chi connectivity index (χ1v) is 5.31. The molecule has 7 nitrogen and oxygen atoms in total. The first-order chi connectivity index (χ1) is 7.57. The SMILES string of the molecule is O=C(O)CCCCCCCC(O)C(=O)O[O-].[NH4+]. The molecule has 6 N–H and O–H groups in total. The summed E-state index contributed by atoms with van der Waals surface area (Å²) in [6, 6.07) is 0. The first-order valence-electron chi connectivity index (χ1n) is 5.31. The van der Waals surface area contributed by atoms with E-state index in [9.17, 15) is 14.8 Å². The fourth-order valence-corrected chi connectivity index (χ4v) is 1.32. The minimum absolute atomic E-state index is 0. The highest BCUT2D eigenvalue weighted by Crippen LogP contribution is 2.09. The van der Waals surface area contributed by atoms with Crippen LogP contribution in [0, 0.1) is 0 Å². The Hall–Kier alpha value is -1.18. The number of rotatable bonds is 9. The molecule has 0 spiro atoms. The Labute approximate surface area is 99.9 Å². The monoisotopic (exact) mass is 251 g/mol. The van der Waals surface area contributed by atoms with Crippen LogP contribution in [0.5, 0.6) is 0 Å². The lowest BCUT2D eigenvalue weighted by atomic mass is 10.1. The van der Waals surface area contributed by atoms with Crippen LogP contribution in [0.25, 0.3) is 0 Å². The number of hydrogen-bond donors (Lipinski definition) is 3. The van der Waals surface area contributed by atoms with Gasteiger partial charge in [-0.1, -0.05) is 25.7 Å². The number of quaternary nitrogens is 1. The number of carboxylic acid groups (broad SMARTS) is 1. The molecule has 0 saturated carbocycles. The number of aliphatic hydroxyl groups is 1. The van der Waals surface area contributed by atoms with Crippen LogP contribution in [-0.4, -0.2) is 28.3 Å². The van der Waals surface area contributed by atoms with Gasteiger partial charge in [-0.2, -0.15) is 0 Å². The van der Waals surface area contributed by atoms with Gasteiger partial charge in [0.25, 0.3) is 0 Å². The van der Waals surface area contributed by atoms with E-state index in [1.54, 1.807) is 0 Å². The highest BCUT2D eigenvalue weighted by Gasteiger charge is 2.12. The molecule has 0 saturated heterocycles. The highest BCUT2D eigenvalue weighted by molar-refractivity contribution is 5.73. The molecule has 0 aromatic heterocycles. The van der Waals surface area contributed by atoms with E-state index in [-0.39, 0.29) is 19.0 Å². The molecule has 7 heteroatoms. The Kier molecular flexibility index (Phi) is 12.1. The quantitative estimate of drug-likeness (QED) is 0.306. The summed E-state index contributed by atoms with van der Waals surface area (Å²) >= 11 is 0. The number of carbonyl (C=O) groups is 2. The zero-order valence-electron chi connectivity index (χ0n) is 10.1. The molecule has 0 aliphatic rings. The molecule has 0 radical (unpaired) electrons. The molecule has 1 unspecified atom stereocenters. The van der Waals surface area contributed by atoms with E-state index in [1.165, 1.54) is 0 Å². The van der Waals surface area contributed by atoms with Crippen molar-refractivity contribution in [2.75, 3.05) is 0 Å². The van der Waals surface area contributed by atoms with Gasteiger partial charge < -0.3 is 26.5 Å². The predicted octanol–water partition coefficient (Wildman–Crippen LogP) is 0.357. The van der Waals surface area contributed by atoms with Gasteiger partial charge >= 0.3 is 11.9 Å². The number of aliphatic hydroxyl groups excluding tert-OH is 1. The van der Waals surface area contributed by atoms with Gasteiger partial charge in [-0.15, -0.1) is 0 Å². The maximum Gasteiger partial charge on any atom is 0.329 e. The molecule has 0 aromatic rings. The van der Waals surface area contributed by atoms with Crippen LogP contribution in [0.2, 0.25) is 0 Å². The summed E-state index contributed by atoms with van der Waals surface area (Å²) in [5.74, 6) is -1.94. The van der Waals surface area contributed by atoms with Crippen LogP contribution in [0.4, 0.5) is 0 Å². The molecule has 0 amide bonds. The number of hydrogen-bond acceptors (Lipinski definition) is 5. The summed E-state index contributed by atoms with van der Waals surface area (Å²) in [6.07, 6.45) is 2.76. The third-order valence-corrected chi connectivity index (χ3v) is 2.22. The first kappa shape index (κ1) is 18.2. The lowest BCUT2D eigenvalue weighted by molar-refractivity contribution is -0.658. The second-order valence-corrected chi connectivity index (χ2v) is 3.62. The van der Waals surface area contributed by atoms with E-state index in [4.69, 9.17) is 10.2 Å². The second kappa shape index (κ2) is 11.3. The van der Waals surface area contributed by atoms with E-state index in [0.29, 0.717) is 12.8 Å². The van der Waals surface area contributed by atoms with Gasteiger partial charge in [-0.05, 0) is 12.8 Å². The fraction of sp³-hybridized carbons (Fsp3) is 0.800. The Bertz CT molecular complexity index is 221. The van der Waals surface area contributed by atoms with Crippen molar-refractivity contribution in [2.24, 2.45) is 0 Å². The predicted molar refractivity (Wildman–Crippen MR) is 58.0 cm³/mol. The van der Waals surface area contributed by atoms with E-state index in [2.05, 4.69) is 4.89 Å². The summed E-state index contributed by atoms with van der Waals surface area (Å²) in [6.45, 7) is 0. The zero-order valence-corrected chi connectivity index (χ0v) is 10.1. The van der Waals surface area contributed by atoms with Crippen molar-refractivity contribution in [3.63, 3.8) is 0 Å². The molecule has 0 heterocycles. The largest absolute Gasteiger partial charge is 0.662 e. The van der Waals surface area contributed by atoms with Crippen molar-refractivity contribution in [2.45, 2.75) is 51.0 Å². The Morgan fingerprint density at radius 2 is 1.65 bits per heavy atom. The smallest absolute Gasteiger partial charge is 0.329 e. The van der Waals surface area contributed by atoms with E-state index in [0.717, 1.165) is 19.3 Å². The molecule has 0 bridgehead atoms. The van der Waals surface area contributed by atoms with Gasteiger partial charge in [0.15, 0.2) is 6.10 Å². The Balaban J connectivity index is 0. The zero-order chi connectivity index (χ0) is 12.4. The minimum Gasteiger partial charge on any atom is -0.662 e.